The van der Waals surface area contributed by atoms with Crippen molar-refractivity contribution in [2.24, 2.45) is 5.92 Å². The van der Waals surface area contributed by atoms with Crippen LogP contribution in [0.1, 0.15) is 26.7 Å². The van der Waals surface area contributed by atoms with Crippen LogP contribution < -0.4 is 5.32 Å². The highest BCUT2D eigenvalue weighted by molar-refractivity contribution is 5.82. The first-order chi connectivity index (χ1) is 7.85. The molecule has 3 nitrogen and oxygen atoms in total. The van der Waals surface area contributed by atoms with Crippen molar-refractivity contribution in [3.63, 3.8) is 0 Å². The van der Waals surface area contributed by atoms with Crippen LogP contribution in [0, 0.1) is 5.92 Å². The highest BCUT2D eigenvalue weighted by atomic mass is 19.4. The topological polar surface area (TPSA) is 32.3 Å². The Hall–Kier alpha value is -0.780. The monoisotopic (exact) mass is 252 g/mol. The average molecular weight is 252 g/mol. The molecule has 0 spiro atoms. The van der Waals surface area contributed by atoms with E-state index in [0.29, 0.717) is 6.54 Å². The predicted molar refractivity (Wildman–Crippen MR) is 58.5 cm³/mol. The predicted octanol–water partition coefficient (Wildman–Crippen LogP) is 1.79. The van der Waals surface area contributed by atoms with Crippen LogP contribution in [-0.4, -0.2) is 42.7 Å². The van der Waals surface area contributed by atoms with Crippen LogP contribution in [0.5, 0.6) is 0 Å². The van der Waals surface area contributed by atoms with Gasteiger partial charge in [0, 0.05) is 6.54 Å². The Morgan fingerprint density at radius 2 is 2.12 bits per heavy atom. The van der Waals surface area contributed by atoms with Crippen molar-refractivity contribution in [1.29, 1.82) is 0 Å². The Morgan fingerprint density at radius 3 is 2.59 bits per heavy atom. The maximum absolute atomic E-state index is 12.3. The minimum Gasteiger partial charge on any atom is -0.333 e. The molecular weight excluding hydrogens is 233 g/mol. The average Bonchev–Trinajstić information content (AvgIpc) is 2.24. The summed E-state index contributed by atoms with van der Waals surface area (Å²) in [5.74, 6) is -0.337. The first kappa shape index (κ1) is 14.3. The molecule has 1 heterocycles. The van der Waals surface area contributed by atoms with Gasteiger partial charge >= 0.3 is 6.18 Å². The van der Waals surface area contributed by atoms with Crippen LogP contribution in [0.25, 0.3) is 0 Å². The lowest BCUT2D eigenvalue weighted by Gasteiger charge is -2.33. The van der Waals surface area contributed by atoms with Crippen LogP contribution >= 0.6 is 0 Å². The second-order valence-electron chi connectivity index (χ2n) is 4.52. The zero-order valence-corrected chi connectivity index (χ0v) is 10.2. The molecule has 0 aromatic heterocycles. The zero-order chi connectivity index (χ0) is 13.1. The Bertz CT molecular complexity index is 268. The molecule has 1 amide bonds. The maximum atomic E-state index is 12.3. The van der Waals surface area contributed by atoms with Gasteiger partial charge in [-0.1, -0.05) is 6.92 Å². The summed E-state index contributed by atoms with van der Waals surface area (Å²) < 4.78 is 36.9. The standard InChI is InChI=1S/C11H19F3N2O/c1-3-16(7-11(12,13)14)10(17)9-8(2)5-4-6-15-9/h8-9,15H,3-7H2,1-2H3. The number of halogens is 3. The fourth-order valence-electron chi connectivity index (χ4n) is 2.14. The molecule has 0 aromatic carbocycles. The SMILES string of the molecule is CCN(CC(F)(F)F)C(=O)C1NCCCC1C. The van der Waals surface area contributed by atoms with Crippen LogP contribution in [0.15, 0.2) is 0 Å². The quantitative estimate of drug-likeness (QED) is 0.830. The lowest BCUT2D eigenvalue weighted by Crippen LogP contribution is -2.53. The van der Waals surface area contributed by atoms with Gasteiger partial charge in [0.1, 0.15) is 6.54 Å². The molecule has 0 saturated carbocycles. The molecule has 0 aromatic rings. The van der Waals surface area contributed by atoms with E-state index in [-0.39, 0.29) is 12.5 Å². The largest absolute Gasteiger partial charge is 0.406 e. The second-order valence-corrected chi connectivity index (χ2v) is 4.52. The Kier molecular flexibility index (Phi) is 4.80. The molecule has 6 heteroatoms. The maximum Gasteiger partial charge on any atom is 0.406 e. The van der Waals surface area contributed by atoms with Crippen molar-refractivity contribution < 1.29 is 18.0 Å². The van der Waals surface area contributed by atoms with Gasteiger partial charge in [0.25, 0.3) is 0 Å². The van der Waals surface area contributed by atoms with Gasteiger partial charge in [-0.3, -0.25) is 4.79 Å². The van der Waals surface area contributed by atoms with Gasteiger partial charge in [0.2, 0.25) is 5.91 Å². The van der Waals surface area contributed by atoms with Crippen molar-refractivity contribution in [2.45, 2.75) is 38.9 Å². The van der Waals surface area contributed by atoms with Crippen LogP contribution in [0.3, 0.4) is 0 Å². The van der Waals surface area contributed by atoms with Crippen molar-refractivity contribution in [3.8, 4) is 0 Å². The number of alkyl halides is 3. The van der Waals surface area contributed by atoms with Gasteiger partial charge in [-0.25, -0.2) is 0 Å². The molecule has 1 aliphatic heterocycles. The van der Waals surface area contributed by atoms with Gasteiger partial charge in [0.05, 0.1) is 6.04 Å². The number of hydrogen-bond donors (Lipinski definition) is 1. The molecule has 1 aliphatic rings. The van der Waals surface area contributed by atoms with E-state index >= 15 is 0 Å². The summed E-state index contributed by atoms with van der Waals surface area (Å²) in [6, 6.07) is -0.467. The molecule has 1 N–H and O–H groups in total. The summed E-state index contributed by atoms with van der Waals surface area (Å²) in [4.78, 5) is 12.9. The highest BCUT2D eigenvalue weighted by Crippen LogP contribution is 2.21. The number of amides is 1. The van der Waals surface area contributed by atoms with E-state index in [1.807, 2.05) is 6.92 Å². The van der Waals surface area contributed by atoms with Crippen LogP contribution in [-0.2, 0) is 4.79 Å². The van der Waals surface area contributed by atoms with Crippen molar-refractivity contribution in [3.05, 3.63) is 0 Å². The van der Waals surface area contributed by atoms with Crippen LogP contribution in [0.2, 0.25) is 0 Å². The fraction of sp³-hybridized carbons (Fsp3) is 0.909. The summed E-state index contributed by atoms with van der Waals surface area (Å²) in [6.45, 7) is 3.09. The van der Waals surface area contributed by atoms with Gasteiger partial charge in [0.15, 0.2) is 0 Å². The number of piperidine rings is 1. The molecule has 1 rings (SSSR count). The summed E-state index contributed by atoms with van der Waals surface area (Å²) in [7, 11) is 0. The number of hydrogen-bond acceptors (Lipinski definition) is 2. The smallest absolute Gasteiger partial charge is 0.333 e. The van der Waals surface area contributed by atoms with E-state index in [9.17, 15) is 18.0 Å². The van der Waals surface area contributed by atoms with Crippen molar-refractivity contribution >= 4 is 5.91 Å². The summed E-state index contributed by atoms with van der Waals surface area (Å²) in [5.41, 5.74) is 0. The first-order valence-electron chi connectivity index (χ1n) is 5.94. The molecule has 17 heavy (non-hydrogen) atoms. The zero-order valence-electron chi connectivity index (χ0n) is 10.2. The minimum atomic E-state index is -4.33. The molecule has 1 saturated heterocycles. The number of nitrogens with one attached hydrogen (secondary N) is 1. The normalized spacial score (nSPS) is 25.7. The number of carbonyl (C=O) groups excluding carboxylic acids is 1. The molecule has 100 valence electrons. The van der Waals surface area contributed by atoms with E-state index in [0.717, 1.165) is 17.7 Å². The molecule has 2 unspecified atom stereocenters. The number of rotatable bonds is 3. The summed E-state index contributed by atoms with van der Waals surface area (Å²) in [5, 5.41) is 3.01. The number of likely N-dealkylation sites (N-methyl/N-ethyl adjacent to an activating group) is 1. The van der Waals surface area contributed by atoms with Gasteiger partial charge in [-0.15, -0.1) is 0 Å². The molecule has 2 atom stereocenters. The summed E-state index contributed by atoms with van der Waals surface area (Å²) in [6.07, 6.45) is -2.48. The Balaban J connectivity index is 2.64. The molecule has 1 fully saturated rings. The lowest BCUT2D eigenvalue weighted by molar-refractivity contribution is -0.163. The number of nitrogens with zero attached hydrogens (tertiary/aromatic N) is 1. The lowest BCUT2D eigenvalue weighted by atomic mass is 9.92. The van der Waals surface area contributed by atoms with E-state index in [1.165, 1.54) is 0 Å². The molecule has 0 radical (unpaired) electrons. The third kappa shape index (κ3) is 4.18. The Morgan fingerprint density at radius 1 is 1.47 bits per heavy atom. The van der Waals surface area contributed by atoms with Gasteiger partial charge < -0.3 is 10.2 Å². The minimum absolute atomic E-state index is 0.0866. The van der Waals surface area contributed by atoms with Gasteiger partial charge in [-0.2, -0.15) is 13.2 Å². The van der Waals surface area contributed by atoms with E-state index in [1.54, 1.807) is 6.92 Å². The molecule has 0 bridgehead atoms. The number of carbonyl (C=O) groups is 1. The molecular formula is C11H19F3N2O. The van der Waals surface area contributed by atoms with E-state index in [4.69, 9.17) is 0 Å². The highest BCUT2D eigenvalue weighted by Gasteiger charge is 2.36. The van der Waals surface area contributed by atoms with Crippen molar-refractivity contribution in [1.82, 2.24) is 10.2 Å². The summed E-state index contributed by atoms with van der Waals surface area (Å²) >= 11 is 0. The third-order valence-corrected chi connectivity index (χ3v) is 3.10. The van der Waals surface area contributed by atoms with E-state index in [2.05, 4.69) is 5.32 Å². The van der Waals surface area contributed by atoms with E-state index < -0.39 is 24.7 Å². The third-order valence-electron chi connectivity index (χ3n) is 3.10. The van der Waals surface area contributed by atoms with Crippen molar-refractivity contribution in [2.75, 3.05) is 19.6 Å². The van der Waals surface area contributed by atoms with Crippen LogP contribution in [0.4, 0.5) is 13.2 Å². The Labute approximate surface area is 99.4 Å². The molecule has 0 aliphatic carbocycles. The second kappa shape index (κ2) is 5.71. The first-order valence-corrected chi connectivity index (χ1v) is 5.94. The fourth-order valence-corrected chi connectivity index (χ4v) is 2.14. The van der Waals surface area contributed by atoms with Gasteiger partial charge in [-0.05, 0) is 32.2 Å².